The van der Waals surface area contributed by atoms with Crippen LogP contribution < -0.4 is 0 Å². The molecule has 1 aromatic carbocycles. The Morgan fingerprint density at radius 3 is 2.91 bits per heavy atom. The van der Waals surface area contributed by atoms with Gasteiger partial charge < -0.3 is 14.2 Å². The van der Waals surface area contributed by atoms with Gasteiger partial charge in [0.05, 0.1) is 45.3 Å². The fraction of sp³-hybridized carbons (Fsp3) is 0.588. The van der Waals surface area contributed by atoms with Crippen molar-refractivity contribution < 1.29 is 14.2 Å². The van der Waals surface area contributed by atoms with E-state index >= 15 is 0 Å². The van der Waals surface area contributed by atoms with Crippen molar-refractivity contribution in [1.29, 1.82) is 0 Å². The Morgan fingerprint density at radius 2 is 2.09 bits per heavy atom. The number of methoxy groups -OCH3 is 1. The Hall–Kier alpha value is -1.43. The van der Waals surface area contributed by atoms with Gasteiger partial charge in [0.15, 0.2) is 0 Å². The number of ether oxygens (including phenoxy) is 3. The Morgan fingerprint density at radius 1 is 1.23 bits per heavy atom. The monoisotopic (exact) mass is 306 g/mol. The molecule has 1 fully saturated rings. The van der Waals surface area contributed by atoms with E-state index in [1.165, 1.54) is 12.0 Å². The lowest BCUT2D eigenvalue weighted by atomic mass is 10.2. The normalized spacial score (nSPS) is 18.4. The summed E-state index contributed by atoms with van der Waals surface area (Å²) in [7, 11) is 1.69. The third kappa shape index (κ3) is 6.13. The first-order chi connectivity index (χ1) is 10.9. The average Bonchev–Trinajstić information content (AvgIpc) is 3.00. The fourth-order valence-electron chi connectivity index (χ4n) is 2.45. The van der Waals surface area contributed by atoms with Gasteiger partial charge in [0, 0.05) is 13.7 Å². The van der Waals surface area contributed by atoms with E-state index in [0.717, 1.165) is 13.0 Å². The lowest BCUT2D eigenvalue weighted by Gasteiger charge is -2.21. The maximum Gasteiger partial charge on any atom is 0.0840 e. The summed E-state index contributed by atoms with van der Waals surface area (Å²) in [5.41, 5.74) is 1.18. The van der Waals surface area contributed by atoms with Crippen LogP contribution in [0.5, 0.6) is 0 Å². The van der Waals surface area contributed by atoms with Crippen LogP contribution in [0.4, 0.5) is 0 Å². The van der Waals surface area contributed by atoms with Crippen molar-refractivity contribution in [3.63, 3.8) is 0 Å². The second-order valence-electron chi connectivity index (χ2n) is 5.33. The van der Waals surface area contributed by atoms with Gasteiger partial charge in [0.25, 0.3) is 0 Å². The van der Waals surface area contributed by atoms with Gasteiger partial charge in [0.1, 0.15) is 0 Å². The van der Waals surface area contributed by atoms with Gasteiger partial charge in [-0.1, -0.05) is 30.3 Å². The standard InChI is InChI=1S/C17H26N2O3/c1-20-12-13-22-15-17-8-5-10-19(17)18-9-11-21-14-16-6-3-2-4-7-16/h2-4,6-7,9,17H,5,8,10-15H2,1H3/b18-9+/t17-/m0/s1. The molecule has 1 atom stereocenters. The molecule has 0 N–H and O–H groups in total. The van der Waals surface area contributed by atoms with E-state index in [1.54, 1.807) is 7.11 Å². The molecule has 0 amide bonds. The molecule has 1 aliphatic rings. The largest absolute Gasteiger partial charge is 0.382 e. The van der Waals surface area contributed by atoms with E-state index in [4.69, 9.17) is 14.2 Å². The lowest BCUT2D eigenvalue weighted by Crippen LogP contribution is -2.29. The van der Waals surface area contributed by atoms with Gasteiger partial charge in [-0.2, -0.15) is 5.10 Å². The minimum atomic E-state index is 0.377. The van der Waals surface area contributed by atoms with Gasteiger partial charge >= 0.3 is 0 Å². The van der Waals surface area contributed by atoms with Crippen molar-refractivity contribution in [2.75, 3.05) is 40.1 Å². The van der Waals surface area contributed by atoms with E-state index in [2.05, 4.69) is 22.2 Å². The van der Waals surface area contributed by atoms with Gasteiger partial charge in [-0.3, -0.25) is 5.01 Å². The number of hydrogen-bond acceptors (Lipinski definition) is 5. The minimum absolute atomic E-state index is 0.377. The van der Waals surface area contributed by atoms with Crippen LogP contribution in [-0.4, -0.2) is 57.3 Å². The first kappa shape index (κ1) is 16.9. The van der Waals surface area contributed by atoms with Crippen molar-refractivity contribution in [3.8, 4) is 0 Å². The number of nitrogens with zero attached hydrogens (tertiary/aromatic N) is 2. The molecule has 5 heteroatoms. The summed E-state index contributed by atoms with van der Waals surface area (Å²) in [6.45, 7) is 4.15. The molecule has 1 saturated heterocycles. The van der Waals surface area contributed by atoms with Crippen LogP contribution in [0.15, 0.2) is 35.4 Å². The topological polar surface area (TPSA) is 43.3 Å². The van der Waals surface area contributed by atoms with Gasteiger partial charge in [-0.15, -0.1) is 0 Å². The SMILES string of the molecule is COCCOC[C@@H]1CCCN1/N=C/COCc1ccccc1. The van der Waals surface area contributed by atoms with Crippen LogP contribution in [0.3, 0.4) is 0 Å². The summed E-state index contributed by atoms with van der Waals surface area (Å²) in [6.07, 6.45) is 4.14. The molecule has 22 heavy (non-hydrogen) atoms. The van der Waals surface area contributed by atoms with Crippen molar-refractivity contribution in [2.45, 2.75) is 25.5 Å². The predicted octanol–water partition coefficient (Wildman–Crippen LogP) is 2.32. The molecular formula is C17H26N2O3. The fourth-order valence-corrected chi connectivity index (χ4v) is 2.45. The van der Waals surface area contributed by atoms with E-state index in [1.807, 2.05) is 24.4 Å². The third-order valence-corrected chi connectivity index (χ3v) is 3.62. The van der Waals surface area contributed by atoms with Crippen LogP contribution >= 0.6 is 0 Å². The molecule has 0 spiro atoms. The Bertz CT molecular complexity index is 425. The number of hydrogen-bond donors (Lipinski definition) is 0. The summed E-state index contributed by atoms with van der Waals surface area (Å²) in [4.78, 5) is 0. The number of benzene rings is 1. The van der Waals surface area contributed by atoms with Crippen LogP contribution in [0, 0.1) is 0 Å². The molecule has 2 rings (SSSR count). The highest BCUT2D eigenvalue weighted by molar-refractivity contribution is 5.58. The van der Waals surface area contributed by atoms with Crippen LogP contribution in [-0.2, 0) is 20.8 Å². The maximum atomic E-state index is 5.60. The van der Waals surface area contributed by atoms with E-state index < -0.39 is 0 Å². The summed E-state index contributed by atoms with van der Waals surface area (Å²) in [6, 6.07) is 10.5. The quantitative estimate of drug-likeness (QED) is 0.491. The average molecular weight is 306 g/mol. The number of rotatable bonds is 10. The van der Waals surface area contributed by atoms with E-state index in [0.29, 0.717) is 39.1 Å². The molecule has 0 unspecified atom stereocenters. The minimum Gasteiger partial charge on any atom is -0.382 e. The molecule has 0 bridgehead atoms. The number of hydrazone groups is 1. The molecule has 1 aliphatic heterocycles. The second kappa shape index (κ2) is 10.3. The zero-order valence-electron chi connectivity index (χ0n) is 13.3. The van der Waals surface area contributed by atoms with Crippen LogP contribution in [0.1, 0.15) is 18.4 Å². The Balaban J connectivity index is 1.61. The first-order valence-corrected chi connectivity index (χ1v) is 7.87. The summed E-state index contributed by atoms with van der Waals surface area (Å²) < 4.78 is 16.2. The summed E-state index contributed by atoms with van der Waals surface area (Å²) in [5, 5.41) is 6.62. The summed E-state index contributed by atoms with van der Waals surface area (Å²) >= 11 is 0. The predicted molar refractivity (Wildman–Crippen MR) is 87.0 cm³/mol. The highest BCUT2D eigenvalue weighted by Crippen LogP contribution is 2.17. The molecule has 0 saturated carbocycles. The van der Waals surface area contributed by atoms with Crippen molar-refractivity contribution in [2.24, 2.45) is 5.10 Å². The smallest absolute Gasteiger partial charge is 0.0840 e. The summed E-state index contributed by atoms with van der Waals surface area (Å²) in [5.74, 6) is 0. The van der Waals surface area contributed by atoms with Crippen molar-refractivity contribution in [1.82, 2.24) is 5.01 Å². The molecule has 122 valence electrons. The van der Waals surface area contributed by atoms with E-state index in [9.17, 15) is 0 Å². The van der Waals surface area contributed by atoms with Gasteiger partial charge in [0.2, 0.25) is 0 Å². The maximum absolute atomic E-state index is 5.60. The van der Waals surface area contributed by atoms with Crippen molar-refractivity contribution >= 4 is 6.21 Å². The molecule has 5 nitrogen and oxygen atoms in total. The van der Waals surface area contributed by atoms with E-state index in [-0.39, 0.29) is 0 Å². The zero-order chi connectivity index (χ0) is 15.5. The second-order valence-corrected chi connectivity index (χ2v) is 5.33. The molecule has 1 heterocycles. The highest BCUT2D eigenvalue weighted by atomic mass is 16.5. The Labute approximate surface area is 132 Å². The third-order valence-electron chi connectivity index (χ3n) is 3.62. The zero-order valence-corrected chi connectivity index (χ0v) is 13.3. The molecule has 0 aliphatic carbocycles. The Kier molecular flexibility index (Phi) is 7.94. The lowest BCUT2D eigenvalue weighted by molar-refractivity contribution is 0.0410. The van der Waals surface area contributed by atoms with Crippen LogP contribution in [0.25, 0.3) is 0 Å². The molecule has 0 radical (unpaired) electrons. The van der Waals surface area contributed by atoms with Crippen molar-refractivity contribution in [3.05, 3.63) is 35.9 Å². The van der Waals surface area contributed by atoms with Gasteiger partial charge in [-0.25, -0.2) is 0 Å². The van der Waals surface area contributed by atoms with Crippen LogP contribution in [0.2, 0.25) is 0 Å². The molecule has 0 aromatic heterocycles. The highest BCUT2D eigenvalue weighted by Gasteiger charge is 2.22. The first-order valence-electron chi connectivity index (χ1n) is 7.87. The molecular weight excluding hydrogens is 280 g/mol. The molecule has 1 aromatic rings. The van der Waals surface area contributed by atoms with Gasteiger partial charge in [-0.05, 0) is 18.4 Å².